The SMILES string of the molecule is COc1cc(/C=C/C(=O)O[C@@H](C)C(=O)Nc2cccc(C#N)c2)ccc1OC(C)C. The first-order chi connectivity index (χ1) is 14.3. The maximum atomic E-state index is 12.2. The number of benzene rings is 2. The third-order valence-electron chi connectivity index (χ3n) is 3.88. The van der Waals surface area contributed by atoms with Gasteiger partial charge < -0.3 is 19.5 Å². The fourth-order valence-corrected chi connectivity index (χ4v) is 2.48. The molecule has 0 saturated heterocycles. The van der Waals surface area contributed by atoms with E-state index in [2.05, 4.69) is 5.32 Å². The van der Waals surface area contributed by atoms with Gasteiger partial charge in [-0.3, -0.25) is 4.79 Å². The first-order valence-electron chi connectivity index (χ1n) is 9.36. The average Bonchev–Trinajstić information content (AvgIpc) is 2.72. The molecule has 7 nitrogen and oxygen atoms in total. The predicted octanol–water partition coefficient (Wildman–Crippen LogP) is 3.94. The number of nitrogens with zero attached hydrogens (tertiary/aromatic N) is 1. The van der Waals surface area contributed by atoms with Gasteiger partial charge in [-0.25, -0.2) is 4.79 Å². The second-order valence-corrected chi connectivity index (χ2v) is 6.67. The van der Waals surface area contributed by atoms with Gasteiger partial charge in [0.05, 0.1) is 24.8 Å². The minimum Gasteiger partial charge on any atom is -0.493 e. The highest BCUT2D eigenvalue weighted by atomic mass is 16.5. The Hall–Kier alpha value is -3.79. The number of methoxy groups -OCH3 is 1. The van der Waals surface area contributed by atoms with E-state index in [1.54, 1.807) is 42.5 Å². The lowest BCUT2D eigenvalue weighted by atomic mass is 10.2. The zero-order valence-corrected chi connectivity index (χ0v) is 17.3. The van der Waals surface area contributed by atoms with E-state index in [-0.39, 0.29) is 6.10 Å². The highest BCUT2D eigenvalue weighted by Crippen LogP contribution is 2.29. The summed E-state index contributed by atoms with van der Waals surface area (Å²) in [6, 6.07) is 13.7. The molecular formula is C23H24N2O5. The molecule has 0 aliphatic carbocycles. The van der Waals surface area contributed by atoms with E-state index in [4.69, 9.17) is 19.5 Å². The zero-order chi connectivity index (χ0) is 22.1. The number of rotatable bonds is 8. The number of amides is 1. The van der Waals surface area contributed by atoms with Crippen LogP contribution in [0.25, 0.3) is 6.08 Å². The molecule has 0 radical (unpaired) electrons. The number of anilines is 1. The molecule has 2 rings (SSSR count). The molecule has 30 heavy (non-hydrogen) atoms. The number of nitrogens with one attached hydrogen (secondary N) is 1. The van der Waals surface area contributed by atoms with Crippen LogP contribution in [-0.2, 0) is 14.3 Å². The summed E-state index contributed by atoms with van der Waals surface area (Å²) < 4.78 is 16.1. The molecule has 2 aromatic carbocycles. The van der Waals surface area contributed by atoms with Crippen LogP contribution in [0.15, 0.2) is 48.5 Å². The van der Waals surface area contributed by atoms with E-state index in [0.29, 0.717) is 28.3 Å². The van der Waals surface area contributed by atoms with Gasteiger partial charge in [0.2, 0.25) is 0 Å². The topological polar surface area (TPSA) is 97.6 Å². The van der Waals surface area contributed by atoms with Crippen molar-refractivity contribution in [3.8, 4) is 17.6 Å². The van der Waals surface area contributed by atoms with Crippen molar-refractivity contribution in [3.05, 3.63) is 59.7 Å². The van der Waals surface area contributed by atoms with E-state index in [1.165, 1.54) is 26.2 Å². The summed E-state index contributed by atoms with van der Waals surface area (Å²) in [7, 11) is 1.54. The van der Waals surface area contributed by atoms with Crippen LogP contribution in [0.1, 0.15) is 31.9 Å². The second-order valence-electron chi connectivity index (χ2n) is 6.67. The molecule has 0 spiro atoms. The van der Waals surface area contributed by atoms with Crippen LogP contribution < -0.4 is 14.8 Å². The number of nitriles is 1. The molecule has 156 valence electrons. The standard InChI is InChI=1S/C23H24N2O5/c1-15(2)29-20-10-8-17(13-21(20)28-4)9-11-22(26)30-16(3)23(27)25-19-7-5-6-18(12-19)14-24/h5-13,15-16H,1-4H3,(H,25,27)/b11-9+/t16-/m0/s1. The number of esters is 1. The van der Waals surface area contributed by atoms with Crippen LogP contribution in [0.2, 0.25) is 0 Å². The van der Waals surface area contributed by atoms with Crippen LogP contribution in [0.5, 0.6) is 11.5 Å². The quantitative estimate of drug-likeness (QED) is 0.525. The third-order valence-corrected chi connectivity index (χ3v) is 3.88. The van der Waals surface area contributed by atoms with E-state index in [9.17, 15) is 9.59 Å². The van der Waals surface area contributed by atoms with Crippen LogP contribution >= 0.6 is 0 Å². The molecular weight excluding hydrogens is 384 g/mol. The molecule has 0 bridgehead atoms. The summed E-state index contributed by atoms with van der Waals surface area (Å²) in [4.78, 5) is 24.3. The van der Waals surface area contributed by atoms with Crippen molar-refractivity contribution in [1.82, 2.24) is 0 Å². The van der Waals surface area contributed by atoms with Crippen LogP contribution in [0.4, 0.5) is 5.69 Å². The van der Waals surface area contributed by atoms with Gasteiger partial charge >= 0.3 is 5.97 Å². The van der Waals surface area contributed by atoms with E-state index in [1.807, 2.05) is 19.9 Å². The number of carbonyl (C=O) groups is 2. The molecule has 0 aromatic heterocycles. The molecule has 2 aromatic rings. The van der Waals surface area contributed by atoms with Gasteiger partial charge in [0.15, 0.2) is 17.6 Å². The van der Waals surface area contributed by atoms with E-state index < -0.39 is 18.0 Å². The molecule has 0 saturated carbocycles. The van der Waals surface area contributed by atoms with Gasteiger partial charge in [-0.05, 0) is 62.7 Å². The van der Waals surface area contributed by atoms with Crippen molar-refractivity contribution in [2.45, 2.75) is 33.0 Å². The molecule has 0 fully saturated rings. The van der Waals surface area contributed by atoms with Gasteiger partial charge in [-0.15, -0.1) is 0 Å². The Bertz CT molecular complexity index is 976. The highest BCUT2D eigenvalue weighted by molar-refractivity contribution is 5.96. The smallest absolute Gasteiger partial charge is 0.331 e. The summed E-state index contributed by atoms with van der Waals surface area (Å²) >= 11 is 0. The molecule has 1 amide bonds. The van der Waals surface area contributed by atoms with E-state index >= 15 is 0 Å². The first kappa shape index (κ1) is 22.5. The second kappa shape index (κ2) is 10.7. The number of carbonyl (C=O) groups excluding carboxylic acids is 2. The monoisotopic (exact) mass is 408 g/mol. The molecule has 0 heterocycles. The Morgan fingerprint density at radius 1 is 1.10 bits per heavy atom. The predicted molar refractivity (Wildman–Crippen MR) is 113 cm³/mol. The number of hydrogen-bond acceptors (Lipinski definition) is 6. The fourth-order valence-electron chi connectivity index (χ4n) is 2.48. The summed E-state index contributed by atoms with van der Waals surface area (Å²) in [5.41, 5.74) is 1.58. The summed E-state index contributed by atoms with van der Waals surface area (Å²) in [6.45, 7) is 5.30. The van der Waals surface area contributed by atoms with Crippen molar-refractivity contribution in [1.29, 1.82) is 5.26 Å². The minimum atomic E-state index is -1.01. The molecule has 0 unspecified atom stereocenters. The number of ether oxygens (including phenoxy) is 3. The Morgan fingerprint density at radius 2 is 1.87 bits per heavy atom. The van der Waals surface area contributed by atoms with Crippen LogP contribution in [0.3, 0.4) is 0 Å². The Morgan fingerprint density at radius 3 is 2.53 bits per heavy atom. The van der Waals surface area contributed by atoms with Crippen LogP contribution in [-0.4, -0.2) is 31.2 Å². The fraction of sp³-hybridized carbons (Fsp3) is 0.261. The Labute approximate surface area is 175 Å². The van der Waals surface area contributed by atoms with Crippen molar-refractivity contribution < 1.29 is 23.8 Å². The minimum absolute atomic E-state index is 0.00489. The van der Waals surface area contributed by atoms with Crippen molar-refractivity contribution in [2.24, 2.45) is 0 Å². The van der Waals surface area contributed by atoms with Gasteiger partial charge in [-0.1, -0.05) is 12.1 Å². The Balaban J connectivity index is 1.96. The third kappa shape index (κ3) is 6.67. The van der Waals surface area contributed by atoms with Gasteiger partial charge in [0.1, 0.15) is 0 Å². The molecule has 0 aliphatic rings. The Kier molecular flexibility index (Phi) is 8.00. The summed E-state index contributed by atoms with van der Waals surface area (Å²) in [6.07, 6.45) is 1.79. The molecule has 0 aliphatic heterocycles. The van der Waals surface area contributed by atoms with Gasteiger partial charge in [-0.2, -0.15) is 5.26 Å². The summed E-state index contributed by atoms with van der Waals surface area (Å²) in [5, 5.41) is 11.5. The molecule has 7 heteroatoms. The summed E-state index contributed by atoms with van der Waals surface area (Å²) in [5.74, 6) is -0.00172. The lowest BCUT2D eigenvalue weighted by Gasteiger charge is -2.14. The maximum Gasteiger partial charge on any atom is 0.331 e. The largest absolute Gasteiger partial charge is 0.493 e. The molecule has 1 N–H and O–H groups in total. The molecule has 1 atom stereocenters. The average molecular weight is 408 g/mol. The lowest BCUT2D eigenvalue weighted by molar-refractivity contribution is -0.148. The maximum absolute atomic E-state index is 12.2. The van der Waals surface area contributed by atoms with E-state index in [0.717, 1.165) is 0 Å². The lowest BCUT2D eigenvalue weighted by Crippen LogP contribution is -2.29. The van der Waals surface area contributed by atoms with Crippen molar-refractivity contribution in [2.75, 3.05) is 12.4 Å². The van der Waals surface area contributed by atoms with Gasteiger partial charge in [0, 0.05) is 11.8 Å². The normalized spacial score (nSPS) is 11.6. The van der Waals surface area contributed by atoms with Crippen molar-refractivity contribution in [3.63, 3.8) is 0 Å². The first-order valence-corrected chi connectivity index (χ1v) is 9.36. The highest BCUT2D eigenvalue weighted by Gasteiger charge is 2.17. The number of hydrogen-bond donors (Lipinski definition) is 1. The zero-order valence-electron chi connectivity index (χ0n) is 17.3. The van der Waals surface area contributed by atoms with Crippen LogP contribution in [0, 0.1) is 11.3 Å². The van der Waals surface area contributed by atoms with Gasteiger partial charge in [0.25, 0.3) is 5.91 Å². The van der Waals surface area contributed by atoms with Crippen molar-refractivity contribution >= 4 is 23.6 Å².